The molecule has 0 heterocycles. The van der Waals surface area contributed by atoms with Crippen molar-refractivity contribution in [1.82, 2.24) is 0 Å². The van der Waals surface area contributed by atoms with Gasteiger partial charge >= 0.3 is 0 Å². The largest absolute Gasteiger partial charge is 0.118 e. The summed E-state index contributed by atoms with van der Waals surface area (Å²) in [5.74, 6) is 0.465. The number of hydrogen-bond acceptors (Lipinski definition) is 0. The van der Waals surface area contributed by atoms with E-state index in [0.717, 1.165) is 6.42 Å². The lowest BCUT2D eigenvalue weighted by Crippen LogP contribution is -2.21. The van der Waals surface area contributed by atoms with Crippen LogP contribution in [0.2, 0.25) is 0 Å². The van der Waals surface area contributed by atoms with Crippen LogP contribution >= 0.6 is 23.2 Å². The Morgan fingerprint density at radius 1 is 0.812 bits per heavy atom. The van der Waals surface area contributed by atoms with Crippen LogP contribution < -0.4 is 0 Å². The third-order valence-electron chi connectivity index (χ3n) is 3.26. The number of halogens is 2. The Morgan fingerprint density at radius 2 is 1.38 bits per heavy atom. The van der Waals surface area contributed by atoms with E-state index in [1.54, 1.807) is 0 Å². The van der Waals surface area contributed by atoms with Crippen LogP contribution in [0.4, 0.5) is 0 Å². The van der Waals surface area contributed by atoms with Crippen LogP contribution in [-0.2, 0) is 0 Å². The minimum absolute atomic E-state index is 0.465. The monoisotopic (exact) mass is 266 g/mol. The lowest BCUT2D eigenvalue weighted by Gasteiger charge is -2.26. The van der Waals surface area contributed by atoms with Crippen LogP contribution in [0, 0.1) is 5.92 Å². The van der Waals surface area contributed by atoms with Crippen molar-refractivity contribution in [3.8, 4) is 0 Å². The number of alkyl halides is 2. The van der Waals surface area contributed by atoms with Gasteiger partial charge in [-0.3, -0.25) is 0 Å². The first-order valence-electron chi connectivity index (χ1n) is 6.90. The molecule has 1 atom stereocenters. The Balaban J connectivity index is 3.61. The zero-order valence-corrected chi connectivity index (χ0v) is 12.7. The van der Waals surface area contributed by atoms with Crippen LogP contribution in [0.15, 0.2) is 0 Å². The smallest absolute Gasteiger partial charge is 0.102 e. The van der Waals surface area contributed by atoms with Crippen LogP contribution in [0.3, 0.4) is 0 Å². The van der Waals surface area contributed by atoms with Crippen molar-refractivity contribution < 1.29 is 0 Å². The van der Waals surface area contributed by atoms with Crippen molar-refractivity contribution in [2.24, 2.45) is 5.92 Å². The van der Waals surface area contributed by atoms with Gasteiger partial charge in [0.05, 0.1) is 0 Å². The highest BCUT2D eigenvalue weighted by Gasteiger charge is 2.27. The molecule has 0 aromatic rings. The van der Waals surface area contributed by atoms with E-state index in [0.29, 0.717) is 5.92 Å². The highest BCUT2D eigenvalue weighted by Crippen LogP contribution is 2.36. The number of hydrogen-bond donors (Lipinski definition) is 0. The summed E-state index contributed by atoms with van der Waals surface area (Å²) in [6, 6.07) is 0. The van der Waals surface area contributed by atoms with Crippen molar-refractivity contribution in [2.45, 2.75) is 82.9 Å². The van der Waals surface area contributed by atoms with E-state index in [1.165, 1.54) is 51.4 Å². The van der Waals surface area contributed by atoms with Crippen LogP contribution in [0.25, 0.3) is 0 Å². The molecule has 0 saturated carbocycles. The molecule has 0 nitrogen and oxygen atoms in total. The molecule has 0 N–H and O–H groups in total. The van der Waals surface area contributed by atoms with E-state index < -0.39 is 4.33 Å². The van der Waals surface area contributed by atoms with E-state index in [-0.39, 0.29) is 0 Å². The van der Waals surface area contributed by atoms with Crippen molar-refractivity contribution in [2.75, 3.05) is 0 Å². The van der Waals surface area contributed by atoms with E-state index in [9.17, 15) is 0 Å². The lowest BCUT2D eigenvalue weighted by molar-refractivity contribution is 0.390. The van der Waals surface area contributed by atoms with Gasteiger partial charge in [-0.25, -0.2) is 0 Å². The van der Waals surface area contributed by atoms with E-state index in [1.807, 2.05) is 6.92 Å². The van der Waals surface area contributed by atoms with E-state index in [4.69, 9.17) is 23.2 Å². The molecule has 2 heteroatoms. The minimum Gasteiger partial charge on any atom is -0.102 e. The fourth-order valence-electron chi connectivity index (χ4n) is 2.17. The van der Waals surface area contributed by atoms with Crippen LogP contribution in [0.5, 0.6) is 0 Å². The number of unbranched alkanes of at least 4 members (excludes halogenated alkanes) is 5. The van der Waals surface area contributed by atoms with Gasteiger partial charge in [0, 0.05) is 0 Å². The standard InChI is InChI=1S/C14H28Cl2/c1-4-6-7-8-9-10-12-13(11-5-2)14(3,15)16/h13H,4-12H2,1-3H3. The van der Waals surface area contributed by atoms with Gasteiger partial charge in [-0.2, -0.15) is 0 Å². The molecule has 1 unspecified atom stereocenters. The van der Waals surface area contributed by atoms with Crippen molar-refractivity contribution in [3.05, 3.63) is 0 Å². The molecule has 0 amide bonds. The zero-order chi connectivity index (χ0) is 12.4. The highest BCUT2D eigenvalue weighted by molar-refractivity contribution is 6.48. The summed E-state index contributed by atoms with van der Waals surface area (Å²) in [4.78, 5) is 0. The van der Waals surface area contributed by atoms with Gasteiger partial charge in [0.2, 0.25) is 0 Å². The SMILES string of the molecule is CCCCCCCCC(CCC)C(C)(Cl)Cl. The van der Waals surface area contributed by atoms with Gasteiger partial charge in [-0.1, -0.05) is 58.8 Å². The fraction of sp³-hybridized carbons (Fsp3) is 1.00. The first-order valence-corrected chi connectivity index (χ1v) is 7.65. The lowest BCUT2D eigenvalue weighted by atomic mass is 9.93. The molecule has 0 aliphatic rings. The second-order valence-corrected chi connectivity index (χ2v) is 6.76. The van der Waals surface area contributed by atoms with Gasteiger partial charge in [-0.15, -0.1) is 23.2 Å². The maximum Gasteiger partial charge on any atom is 0.118 e. The third kappa shape index (κ3) is 8.70. The molecule has 0 radical (unpaired) electrons. The fourth-order valence-corrected chi connectivity index (χ4v) is 2.61. The van der Waals surface area contributed by atoms with E-state index in [2.05, 4.69) is 13.8 Å². The Morgan fingerprint density at radius 3 is 1.88 bits per heavy atom. The molecule has 0 spiro atoms. The molecular weight excluding hydrogens is 239 g/mol. The molecule has 0 aromatic carbocycles. The van der Waals surface area contributed by atoms with Gasteiger partial charge in [0.15, 0.2) is 0 Å². The zero-order valence-electron chi connectivity index (χ0n) is 11.2. The maximum atomic E-state index is 6.21. The topological polar surface area (TPSA) is 0 Å². The second kappa shape index (κ2) is 9.59. The highest BCUT2D eigenvalue weighted by atomic mass is 35.5. The molecule has 0 fully saturated rings. The van der Waals surface area contributed by atoms with Crippen molar-refractivity contribution in [3.63, 3.8) is 0 Å². The molecule has 0 bridgehead atoms. The Labute approximate surface area is 112 Å². The summed E-state index contributed by atoms with van der Waals surface area (Å²) in [7, 11) is 0. The summed E-state index contributed by atoms with van der Waals surface area (Å²) in [6.45, 7) is 6.39. The predicted octanol–water partition coefficient (Wildman–Crippen LogP) is 6.35. The normalized spacial score (nSPS) is 14.1. The number of rotatable bonds is 10. The average Bonchev–Trinajstić information content (AvgIpc) is 2.20. The van der Waals surface area contributed by atoms with E-state index >= 15 is 0 Å². The third-order valence-corrected chi connectivity index (χ3v) is 3.88. The molecule has 0 aliphatic carbocycles. The molecule has 0 saturated heterocycles. The summed E-state index contributed by atoms with van der Waals surface area (Å²) in [5.41, 5.74) is 0. The summed E-state index contributed by atoms with van der Waals surface area (Å²) in [6.07, 6.45) is 11.6. The van der Waals surface area contributed by atoms with Gasteiger partial charge < -0.3 is 0 Å². The van der Waals surface area contributed by atoms with Crippen LogP contribution in [-0.4, -0.2) is 4.33 Å². The quantitative estimate of drug-likeness (QED) is 0.319. The Kier molecular flexibility index (Phi) is 9.94. The molecule has 0 rings (SSSR count). The second-order valence-electron chi connectivity index (χ2n) is 5.00. The summed E-state index contributed by atoms with van der Waals surface area (Å²) < 4.78 is -0.542. The first kappa shape index (κ1) is 16.6. The molecular formula is C14H28Cl2. The Bertz CT molecular complexity index is 149. The minimum atomic E-state index is -0.542. The van der Waals surface area contributed by atoms with Gasteiger partial charge in [0.1, 0.15) is 4.33 Å². The van der Waals surface area contributed by atoms with Crippen molar-refractivity contribution >= 4 is 23.2 Å². The molecule has 0 aromatic heterocycles. The predicted molar refractivity (Wildman–Crippen MR) is 76.5 cm³/mol. The average molecular weight is 267 g/mol. The van der Waals surface area contributed by atoms with Gasteiger partial charge in [-0.05, 0) is 25.7 Å². The molecule has 16 heavy (non-hydrogen) atoms. The Hall–Kier alpha value is 0.580. The first-order chi connectivity index (χ1) is 7.52. The summed E-state index contributed by atoms with van der Waals surface area (Å²) >= 11 is 12.4. The molecule has 98 valence electrons. The van der Waals surface area contributed by atoms with Gasteiger partial charge in [0.25, 0.3) is 0 Å². The van der Waals surface area contributed by atoms with Crippen LogP contribution in [0.1, 0.15) is 78.6 Å². The molecule has 0 aliphatic heterocycles. The summed E-state index contributed by atoms with van der Waals surface area (Å²) in [5, 5.41) is 0. The van der Waals surface area contributed by atoms with Crippen molar-refractivity contribution in [1.29, 1.82) is 0 Å². The maximum absolute atomic E-state index is 6.21.